The summed E-state index contributed by atoms with van der Waals surface area (Å²) >= 11 is 0. The van der Waals surface area contributed by atoms with E-state index in [-0.39, 0.29) is 18.0 Å². The second-order valence-electron chi connectivity index (χ2n) is 4.22. The molecule has 2 aromatic rings. The van der Waals surface area contributed by atoms with Crippen LogP contribution >= 0.6 is 0 Å². The van der Waals surface area contributed by atoms with E-state index in [2.05, 4.69) is 0 Å². The Balaban J connectivity index is 2.32. The highest BCUT2D eigenvalue weighted by atomic mass is 19.1. The Morgan fingerprint density at radius 2 is 1.61 bits per heavy atom. The normalized spacial score (nSPS) is 14.2. The number of hydrogen-bond acceptors (Lipinski definition) is 2. The second kappa shape index (κ2) is 5.76. The molecule has 0 bridgehead atoms. The van der Waals surface area contributed by atoms with Crippen molar-refractivity contribution in [2.24, 2.45) is 5.73 Å². The lowest BCUT2D eigenvalue weighted by atomic mass is 9.89. The summed E-state index contributed by atoms with van der Waals surface area (Å²) in [5.41, 5.74) is 6.91. The molecule has 0 spiro atoms. The molecule has 3 N–H and O–H groups in total. The van der Waals surface area contributed by atoms with Gasteiger partial charge in [0.05, 0.1) is 6.10 Å². The SMILES string of the molecule is NCC(c1ccccc1)C(O)c1ccccc1F. The Labute approximate surface area is 106 Å². The second-order valence-corrected chi connectivity index (χ2v) is 4.22. The van der Waals surface area contributed by atoms with E-state index in [9.17, 15) is 9.50 Å². The van der Waals surface area contributed by atoms with Gasteiger partial charge < -0.3 is 10.8 Å². The highest BCUT2D eigenvalue weighted by Gasteiger charge is 2.23. The fourth-order valence-electron chi connectivity index (χ4n) is 2.08. The maximum Gasteiger partial charge on any atom is 0.129 e. The van der Waals surface area contributed by atoms with Crippen LogP contribution in [0.2, 0.25) is 0 Å². The largest absolute Gasteiger partial charge is 0.388 e. The minimum Gasteiger partial charge on any atom is -0.388 e. The molecule has 0 aliphatic heterocycles. The molecule has 0 heterocycles. The number of aliphatic hydroxyl groups excluding tert-OH is 1. The predicted octanol–water partition coefficient (Wildman–Crippen LogP) is 2.60. The van der Waals surface area contributed by atoms with Crippen LogP contribution in [0, 0.1) is 5.82 Å². The van der Waals surface area contributed by atoms with E-state index >= 15 is 0 Å². The lowest BCUT2D eigenvalue weighted by molar-refractivity contribution is 0.143. The van der Waals surface area contributed by atoms with Crippen LogP contribution in [0.1, 0.15) is 23.1 Å². The molecule has 0 aliphatic rings. The Morgan fingerprint density at radius 1 is 1.00 bits per heavy atom. The van der Waals surface area contributed by atoms with Crippen molar-refractivity contribution in [3.05, 3.63) is 71.5 Å². The summed E-state index contributed by atoms with van der Waals surface area (Å²) in [4.78, 5) is 0. The summed E-state index contributed by atoms with van der Waals surface area (Å²) in [6.45, 7) is 0.263. The third kappa shape index (κ3) is 2.58. The van der Waals surface area contributed by atoms with E-state index < -0.39 is 11.9 Å². The number of hydrogen-bond donors (Lipinski definition) is 2. The molecule has 0 saturated heterocycles. The van der Waals surface area contributed by atoms with Crippen molar-refractivity contribution < 1.29 is 9.50 Å². The molecule has 2 nitrogen and oxygen atoms in total. The first kappa shape index (κ1) is 12.7. The van der Waals surface area contributed by atoms with Gasteiger partial charge in [0.25, 0.3) is 0 Å². The summed E-state index contributed by atoms with van der Waals surface area (Å²) in [6, 6.07) is 15.7. The molecule has 0 amide bonds. The molecule has 0 saturated carbocycles. The molecule has 18 heavy (non-hydrogen) atoms. The number of rotatable bonds is 4. The van der Waals surface area contributed by atoms with E-state index in [1.54, 1.807) is 18.2 Å². The van der Waals surface area contributed by atoms with E-state index in [4.69, 9.17) is 5.73 Å². The van der Waals surface area contributed by atoms with Gasteiger partial charge in [-0.1, -0.05) is 48.5 Å². The maximum atomic E-state index is 13.7. The van der Waals surface area contributed by atoms with Gasteiger partial charge in [-0.25, -0.2) is 4.39 Å². The van der Waals surface area contributed by atoms with E-state index in [0.717, 1.165) is 5.56 Å². The van der Waals surface area contributed by atoms with Crippen LogP contribution in [-0.4, -0.2) is 11.7 Å². The Bertz CT molecular complexity index is 501. The minimum absolute atomic E-state index is 0.263. The number of aliphatic hydroxyl groups is 1. The highest BCUT2D eigenvalue weighted by Crippen LogP contribution is 2.31. The van der Waals surface area contributed by atoms with Crippen molar-refractivity contribution in [2.75, 3.05) is 6.54 Å². The zero-order valence-corrected chi connectivity index (χ0v) is 9.96. The molecule has 0 aromatic heterocycles. The molecule has 0 aliphatic carbocycles. The first-order chi connectivity index (χ1) is 8.74. The van der Waals surface area contributed by atoms with Crippen LogP contribution in [-0.2, 0) is 0 Å². The number of benzene rings is 2. The van der Waals surface area contributed by atoms with Crippen molar-refractivity contribution >= 4 is 0 Å². The van der Waals surface area contributed by atoms with Crippen LogP contribution in [0.4, 0.5) is 4.39 Å². The van der Waals surface area contributed by atoms with Crippen LogP contribution in [0.15, 0.2) is 54.6 Å². The van der Waals surface area contributed by atoms with Gasteiger partial charge in [0, 0.05) is 18.0 Å². The molecular formula is C15H16FNO. The Kier molecular flexibility index (Phi) is 4.07. The summed E-state index contributed by atoms with van der Waals surface area (Å²) in [5.74, 6) is -0.706. The summed E-state index contributed by atoms with van der Waals surface area (Å²) in [7, 11) is 0. The van der Waals surface area contributed by atoms with Crippen LogP contribution in [0.5, 0.6) is 0 Å². The smallest absolute Gasteiger partial charge is 0.129 e. The van der Waals surface area contributed by atoms with E-state index in [1.807, 2.05) is 30.3 Å². The minimum atomic E-state index is -0.932. The standard InChI is InChI=1S/C15H16FNO/c16-14-9-5-4-8-12(14)15(18)13(10-17)11-6-2-1-3-7-11/h1-9,13,15,18H,10,17H2. The monoisotopic (exact) mass is 245 g/mol. The fourth-order valence-corrected chi connectivity index (χ4v) is 2.08. The molecule has 2 rings (SSSR count). The summed E-state index contributed by atoms with van der Waals surface area (Å²) in [6.07, 6.45) is -0.932. The number of halogens is 1. The Hall–Kier alpha value is -1.71. The molecule has 2 aromatic carbocycles. The van der Waals surface area contributed by atoms with Gasteiger partial charge in [-0.05, 0) is 11.6 Å². The summed E-state index contributed by atoms with van der Waals surface area (Å²) in [5, 5.41) is 10.3. The van der Waals surface area contributed by atoms with Gasteiger partial charge in [0.1, 0.15) is 5.82 Å². The van der Waals surface area contributed by atoms with Gasteiger partial charge in [-0.2, -0.15) is 0 Å². The third-order valence-electron chi connectivity index (χ3n) is 3.09. The lowest BCUT2D eigenvalue weighted by Crippen LogP contribution is -2.20. The van der Waals surface area contributed by atoms with Crippen molar-refractivity contribution in [2.45, 2.75) is 12.0 Å². The zero-order chi connectivity index (χ0) is 13.0. The molecule has 2 atom stereocenters. The lowest BCUT2D eigenvalue weighted by Gasteiger charge is -2.22. The van der Waals surface area contributed by atoms with Crippen molar-refractivity contribution in [3.8, 4) is 0 Å². The molecule has 0 radical (unpaired) electrons. The first-order valence-electron chi connectivity index (χ1n) is 5.91. The van der Waals surface area contributed by atoms with Crippen molar-refractivity contribution in [1.82, 2.24) is 0 Å². The van der Waals surface area contributed by atoms with Crippen molar-refractivity contribution in [1.29, 1.82) is 0 Å². The van der Waals surface area contributed by atoms with Gasteiger partial charge in [-0.3, -0.25) is 0 Å². The summed E-state index contributed by atoms with van der Waals surface area (Å²) < 4.78 is 13.7. The fraction of sp³-hybridized carbons (Fsp3) is 0.200. The maximum absolute atomic E-state index is 13.7. The Morgan fingerprint density at radius 3 is 2.22 bits per heavy atom. The predicted molar refractivity (Wildman–Crippen MR) is 69.6 cm³/mol. The van der Waals surface area contributed by atoms with Gasteiger partial charge in [-0.15, -0.1) is 0 Å². The third-order valence-corrected chi connectivity index (χ3v) is 3.09. The van der Waals surface area contributed by atoms with Gasteiger partial charge in [0.15, 0.2) is 0 Å². The van der Waals surface area contributed by atoms with Crippen LogP contribution in [0.25, 0.3) is 0 Å². The molecule has 94 valence electrons. The van der Waals surface area contributed by atoms with E-state index in [1.165, 1.54) is 6.07 Å². The number of nitrogens with two attached hydrogens (primary N) is 1. The van der Waals surface area contributed by atoms with Crippen molar-refractivity contribution in [3.63, 3.8) is 0 Å². The van der Waals surface area contributed by atoms with E-state index in [0.29, 0.717) is 0 Å². The quantitative estimate of drug-likeness (QED) is 0.869. The topological polar surface area (TPSA) is 46.2 Å². The zero-order valence-electron chi connectivity index (χ0n) is 9.96. The molecule has 3 heteroatoms. The van der Waals surface area contributed by atoms with Gasteiger partial charge >= 0.3 is 0 Å². The van der Waals surface area contributed by atoms with Gasteiger partial charge in [0.2, 0.25) is 0 Å². The average Bonchev–Trinajstić information content (AvgIpc) is 2.41. The van der Waals surface area contributed by atoms with Crippen LogP contribution in [0.3, 0.4) is 0 Å². The van der Waals surface area contributed by atoms with Crippen LogP contribution < -0.4 is 5.73 Å². The highest BCUT2D eigenvalue weighted by molar-refractivity contribution is 5.27. The molecule has 2 unspecified atom stereocenters. The average molecular weight is 245 g/mol. The molecule has 0 fully saturated rings. The molecular weight excluding hydrogens is 229 g/mol. The first-order valence-corrected chi connectivity index (χ1v) is 5.91.